The van der Waals surface area contributed by atoms with E-state index in [9.17, 15) is 18.0 Å². The van der Waals surface area contributed by atoms with Crippen LogP contribution in [0.25, 0.3) is 0 Å². The second-order valence-corrected chi connectivity index (χ2v) is 7.93. The molecule has 1 heterocycles. The Bertz CT molecular complexity index is 806. The Morgan fingerprint density at radius 3 is 2.52 bits per heavy atom. The SMILES string of the molecule is CC(C)c1ccc([C@H]2SCCN2C(=O)Nc2cccc(C(F)(F)F)c2)cc1. The zero-order valence-electron chi connectivity index (χ0n) is 15.1. The van der Waals surface area contributed by atoms with Crippen molar-refractivity contribution in [1.82, 2.24) is 4.90 Å². The molecular weight excluding hydrogens is 373 g/mol. The lowest BCUT2D eigenvalue weighted by Gasteiger charge is -2.25. The lowest BCUT2D eigenvalue weighted by molar-refractivity contribution is -0.137. The van der Waals surface area contributed by atoms with Crippen LogP contribution in [0.4, 0.5) is 23.7 Å². The molecule has 2 amide bonds. The molecule has 3 rings (SSSR count). The first-order chi connectivity index (χ1) is 12.8. The molecule has 1 atom stereocenters. The fraction of sp³-hybridized carbons (Fsp3) is 0.350. The predicted octanol–water partition coefficient (Wildman–Crippen LogP) is 6.11. The summed E-state index contributed by atoms with van der Waals surface area (Å²) in [6.45, 7) is 4.79. The lowest BCUT2D eigenvalue weighted by Crippen LogP contribution is -2.34. The number of alkyl halides is 3. The Morgan fingerprint density at radius 2 is 1.89 bits per heavy atom. The minimum atomic E-state index is -4.44. The number of hydrogen-bond donors (Lipinski definition) is 1. The van der Waals surface area contributed by atoms with Gasteiger partial charge in [-0.15, -0.1) is 11.8 Å². The van der Waals surface area contributed by atoms with Gasteiger partial charge in [0, 0.05) is 18.0 Å². The Kier molecular flexibility index (Phi) is 5.69. The van der Waals surface area contributed by atoms with Crippen LogP contribution in [0.15, 0.2) is 48.5 Å². The van der Waals surface area contributed by atoms with E-state index in [4.69, 9.17) is 0 Å². The Morgan fingerprint density at radius 1 is 1.19 bits per heavy atom. The average molecular weight is 394 g/mol. The summed E-state index contributed by atoms with van der Waals surface area (Å²) in [6.07, 6.45) is -4.44. The number of halogens is 3. The summed E-state index contributed by atoms with van der Waals surface area (Å²) in [5, 5.41) is 2.46. The Labute approximate surface area is 160 Å². The average Bonchev–Trinajstić information content (AvgIpc) is 3.11. The van der Waals surface area contributed by atoms with Gasteiger partial charge < -0.3 is 10.2 Å². The van der Waals surface area contributed by atoms with E-state index < -0.39 is 17.8 Å². The molecule has 27 heavy (non-hydrogen) atoms. The summed E-state index contributed by atoms with van der Waals surface area (Å²) in [7, 11) is 0. The van der Waals surface area contributed by atoms with Gasteiger partial charge in [0.15, 0.2) is 0 Å². The van der Waals surface area contributed by atoms with Gasteiger partial charge in [-0.3, -0.25) is 0 Å². The third kappa shape index (κ3) is 4.58. The third-order valence-electron chi connectivity index (χ3n) is 4.48. The standard InChI is InChI=1S/C20H21F3N2OS/c1-13(2)14-6-8-15(9-7-14)18-25(10-11-27-18)19(26)24-17-5-3-4-16(12-17)20(21,22)23/h3-9,12-13,18H,10-11H2,1-2H3,(H,24,26)/t18-/m1/s1. The van der Waals surface area contributed by atoms with Crippen molar-refractivity contribution >= 4 is 23.5 Å². The zero-order chi connectivity index (χ0) is 19.6. The van der Waals surface area contributed by atoms with Gasteiger partial charge in [-0.25, -0.2) is 4.79 Å². The molecule has 1 fully saturated rings. The number of rotatable bonds is 3. The molecule has 2 aromatic carbocycles. The molecule has 1 aliphatic heterocycles. The minimum absolute atomic E-state index is 0.139. The molecule has 0 radical (unpaired) electrons. The van der Waals surface area contributed by atoms with Crippen LogP contribution in [-0.4, -0.2) is 23.2 Å². The van der Waals surface area contributed by atoms with Gasteiger partial charge in [-0.05, 0) is 35.2 Å². The fourth-order valence-electron chi connectivity index (χ4n) is 2.97. The summed E-state index contributed by atoms with van der Waals surface area (Å²) in [5.41, 5.74) is 1.60. The molecule has 2 aromatic rings. The number of thioether (sulfide) groups is 1. The van der Waals surface area contributed by atoms with Gasteiger partial charge >= 0.3 is 12.2 Å². The number of hydrogen-bond acceptors (Lipinski definition) is 2. The van der Waals surface area contributed by atoms with E-state index >= 15 is 0 Å². The van der Waals surface area contributed by atoms with Crippen molar-refractivity contribution in [2.75, 3.05) is 17.6 Å². The predicted molar refractivity (Wildman–Crippen MR) is 103 cm³/mol. The van der Waals surface area contributed by atoms with Crippen molar-refractivity contribution < 1.29 is 18.0 Å². The highest BCUT2D eigenvalue weighted by atomic mass is 32.2. The Hall–Kier alpha value is -2.15. The largest absolute Gasteiger partial charge is 0.416 e. The number of benzene rings is 2. The first kappa shape index (κ1) is 19.6. The van der Waals surface area contributed by atoms with Crippen LogP contribution < -0.4 is 5.32 Å². The van der Waals surface area contributed by atoms with Crippen LogP contribution >= 0.6 is 11.8 Å². The number of carbonyl (C=O) groups excluding carboxylic acids is 1. The first-order valence-electron chi connectivity index (χ1n) is 8.72. The summed E-state index contributed by atoms with van der Waals surface area (Å²) >= 11 is 1.65. The van der Waals surface area contributed by atoms with Crippen molar-refractivity contribution in [2.45, 2.75) is 31.3 Å². The van der Waals surface area contributed by atoms with Crippen LogP contribution in [0, 0.1) is 0 Å². The maximum atomic E-state index is 12.9. The van der Waals surface area contributed by atoms with Crippen molar-refractivity contribution in [3.05, 3.63) is 65.2 Å². The molecule has 0 aliphatic carbocycles. The van der Waals surface area contributed by atoms with Gasteiger partial charge in [0.25, 0.3) is 0 Å². The highest BCUT2D eigenvalue weighted by Gasteiger charge is 2.32. The van der Waals surface area contributed by atoms with E-state index in [1.54, 1.807) is 16.7 Å². The fourth-order valence-corrected chi connectivity index (χ4v) is 4.22. The summed E-state index contributed by atoms with van der Waals surface area (Å²) in [4.78, 5) is 14.3. The number of nitrogens with zero attached hydrogens (tertiary/aromatic N) is 1. The summed E-state index contributed by atoms with van der Waals surface area (Å²) in [5.74, 6) is 1.21. The third-order valence-corrected chi connectivity index (χ3v) is 5.74. The smallest absolute Gasteiger partial charge is 0.308 e. The minimum Gasteiger partial charge on any atom is -0.308 e. The van der Waals surface area contributed by atoms with Crippen molar-refractivity contribution in [1.29, 1.82) is 0 Å². The molecule has 7 heteroatoms. The van der Waals surface area contributed by atoms with E-state index in [1.807, 2.05) is 12.1 Å². The normalized spacial score (nSPS) is 17.4. The Balaban J connectivity index is 1.74. The molecule has 0 spiro atoms. The highest BCUT2D eigenvalue weighted by Crippen LogP contribution is 2.38. The molecule has 0 unspecified atom stereocenters. The van der Waals surface area contributed by atoms with E-state index in [0.717, 1.165) is 23.4 Å². The second-order valence-electron chi connectivity index (χ2n) is 6.75. The number of anilines is 1. The lowest BCUT2D eigenvalue weighted by atomic mass is 10.0. The van der Waals surface area contributed by atoms with E-state index in [2.05, 4.69) is 31.3 Å². The molecule has 144 valence electrons. The van der Waals surface area contributed by atoms with Crippen molar-refractivity contribution in [3.63, 3.8) is 0 Å². The number of carbonyl (C=O) groups is 1. The number of amides is 2. The van der Waals surface area contributed by atoms with Gasteiger partial charge in [0.05, 0.1) is 5.56 Å². The zero-order valence-corrected chi connectivity index (χ0v) is 15.9. The van der Waals surface area contributed by atoms with E-state index in [1.165, 1.54) is 17.7 Å². The number of urea groups is 1. The highest BCUT2D eigenvalue weighted by molar-refractivity contribution is 7.99. The number of nitrogens with one attached hydrogen (secondary N) is 1. The maximum Gasteiger partial charge on any atom is 0.416 e. The van der Waals surface area contributed by atoms with Crippen LogP contribution in [0.3, 0.4) is 0 Å². The monoisotopic (exact) mass is 394 g/mol. The molecule has 0 aromatic heterocycles. The summed E-state index contributed by atoms with van der Waals surface area (Å²) < 4.78 is 38.6. The quantitative estimate of drug-likeness (QED) is 0.681. The van der Waals surface area contributed by atoms with Crippen molar-refractivity contribution in [2.24, 2.45) is 0 Å². The van der Waals surface area contributed by atoms with E-state index in [-0.39, 0.29) is 11.1 Å². The maximum absolute atomic E-state index is 12.9. The van der Waals surface area contributed by atoms with Crippen LogP contribution in [-0.2, 0) is 6.18 Å². The molecule has 1 saturated heterocycles. The topological polar surface area (TPSA) is 32.3 Å². The van der Waals surface area contributed by atoms with Crippen LogP contribution in [0.2, 0.25) is 0 Å². The van der Waals surface area contributed by atoms with Gasteiger partial charge in [0.2, 0.25) is 0 Å². The molecule has 1 aliphatic rings. The molecule has 1 N–H and O–H groups in total. The molecule has 0 bridgehead atoms. The van der Waals surface area contributed by atoms with Gasteiger partial charge in [-0.2, -0.15) is 13.2 Å². The summed E-state index contributed by atoms with van der Waals surface area (Å²) in [6, 6.07) is 12.4. The van der Waals surface area contributed by atoms with Gasteiger partial charge in [-0.1, -0.05) is 44.2 Å². The van der Waals surface area contributed by atoms with Crippen LogP contribution in [0.5, 0.6) is 0 Å². The van der Waals surface area contributed by atoms with E-state index in [0.29, 0.717) is 12.5 Å². The molecule has 3 nitrogen and oxygen atoms in total. The van der Waals surface area contributed by atoms with Crippen molar-refractivity contribution in [3.8, 4) is 0 Å². The van der Waals surface area contributed by atoms with Gasteiger partial charge in [0.1, 0.15) is 5.37 Å². The second kappa shape index (κ2) is 7.84. The first-order valence-corrected chi connectivity index (χ1v) is 9.77. The molecular formula is C20H21F3N2OS. The van der Waals surface area contributed by atoms with Crippen LogP contribution in [0.1, 0.15) is 41.8 Å². The molecule has 0 saturated carbocycles.